The van der Waals surface area contributed by atoms with E-state index in [1.807, 2.05) is 0 Å². The van der Waals surface area contributed by atoms with Crippen LogP contribution in [0.2, 0.25) is 0 Å². The summed E-state index contributed by atoms with van der Waals surface area (Å²) >= 11 is 0. The molecular weight excluding hydrogens is 124 g/mol. The number of hydrogen-bond acceptors (Lipinski definition) is 2. The highest BCUT2D eigenvalue weighted by Crippen LogP contribution is 2.05. The summed E-state index contributed by atoms with van der Waals surface area (Å²) in [6.07, 6.45) is 7.26. The average molecular weight is 140 g/mol. The minimum atomic E-state index is 0.0439. The summed E-state index contributed by atoms with van der Waals surface area (Å²) < 4.78 is 0. The molecule has 0 spiro atoms. The van der Waals surface area contributed by atoms with Crippen molar-refractivity contribution in [1.29, 1.82) is 0 Å². The van der Waals surface area contributed by atoms with E-state index in [4.69, 9.17) is 12.3 Å². The fraction of sp³-hybridized carbons (Fsp3) is 0.750. The zero-order valence-corrected chi connectivity index (χ0v) is 6.72. The van der Waals surface area contributed by atoms with Crippen LogP contribution in [-0.4, -0.2) is 6.04 Å². The summed E-state index contributed by atoms with van der Waals surface area (Å²) in [4.78, 5) is 0. The average Bonchev–Trinajstić information content (AvgIpc) is 1.90. The summed E-state index contributed by atoms with van der Waals surface area (Å²) in [6.45, 7) is 4.34. The third-order valence-corrected chi connectivity index (χ3v) is 1.44. The Balaban J connectivity index is 3.38. The van der Waals surface area contributed by atoms with Crippen LogP contribution in [0.15, 0.2) is 0 Å². The summed E-state index contributed by atoms with van der Waals surface area (Å²) in [5, 5.41) is 0. The summed E-state index contributed by atoms with van der Waals surface area (Å²) in [7, 11) is 0. The summed E-state index contributed by atoms with van der Waals surface area (Å²) in [5.74, 6) is 8.45. The smallest absolute Gasteiger partial charge is 0.0815 e. The van der Waals surface area contributed by atoms with E-state index in [0.29, 0.717) is 5.92 Å². The van der Waals surface area contributed by atoms with E-state index in [0.717, 1.165) is 12.8 Å². The van der Waals surface area contributed by atoms with Crippen molar-refractivity contribution >= 4 is 0 Å². The SMILES string of the molecule is C#CC(CCC(C)C)NN. The van der Waals surface area contributed by atoms with Gasteiger partial charge in [-0.3, -0.25) is 5.84 Å². The lowest BCUT2D eigenvalue weighted by molar-refractivity contribution is 0.493. The zero-order valence-electron chi connectivity index (χ0n) is 6.72. The molecule has 10 heavy (non-hydrogen) atoms. The summed E-state index contributed by atoms with van der Waals surface area (Å²) in [6, 6.07) is 0.0439. The van der Waals surface area contributed by atoms with Gasteiger partial charge in [0.1, 0.15) is 0 Å². The first-order chi connectivity index (χ1) is 4.70. The molecule has 58 valence electrons. The Morgan fingerprint density at radius 3 is 2.40 bits per heavy atom. The first-order valence-electron chi connectivity index (χ1n) is 3.63. The highest BCUT2D eigenvalue weighted by atomic mass is 15.2. The van der Waals surface area contributed by atoms with Crippen LogP contribution in [0, 0.1) is 18.3 Å². The second-order valence-corrected chi connectivity index (χ2v) is 2.86. The van der Waals surface area contributed by atoms with Crippen LogP contribution in [0.3, 0.4) is 0 Å². The van der Waals surface area contributed by atoms with Gasteiger partial charge < -0.3 is 0 Å². The number of nitrogens with two attached hydrogens (primary N) is 1. The van der Waals surface area contributed by atoms with Crippen molar-refractivity contribution in [1.82, 2.24) is 5.43 Å². The van der Waals surface area contributed by atoms with Gasteiger partial charge in [-0.15, -0.1) is 6.42 Å². The van der Waals surface area contributed by atoms with E-state index < -0.39 is 0 Å². The molecular formula is C8H16N2. The van der Waals surface area contributed by atoms with Gasteiger partial charge in [-0.05, 0) is 18.8 Å². The van der Waals surface area contributed by atoms with E-state index in [1.165, 1.54) is 0 Å². The fourth-order valence-electron chi connectivity index (χ4n) is 0.715. The van der Waals surface area contributed by atoms with E-state index in [2.05, 4.69) is 25.2 Å². The van der Waals surface area contributed by atoms with E-state index in [9.17, 15) is 0 Å². The molecule has 0 saturated heterocycles. The van der Waals surface area contributed by atoms with Gasteiger partial charge in [0.25, 0.3) is 0 Å². The molecule has 0 aromatic heterocycles. The van der Waals surface area contributed by atoms with Crippen molar-refractivity contribution < 1.29 is 0 Å². The van der Waals surface area contributed by atoms with Crippen LogP contribution < -0.4 is 11.3 Å². The van der Waals surface area contributed by atoms with Crippen LogP contribution in [-0.2, 0) is 0 Å². The molecule has 2 heteroatoms. The fourth-order valence-corrected chi connectivity index (χ4v) is 0.715. The monoisotopic (exact) mass is 140 g/mol. The number of nitrogens with one attached hydrogen (secondary N) is 1. The molecule has 0 bridgehead atoms. The van der Waals surface area contributed by atoms with E-state index in [1.54, 1.807) is 0 Å². The lowest BCUT2D eigenvalue weighted by Gasteiger charge is -2.09. The number of rotatable bonds is 4. The van der Waals surface area contributed by atoms with Gasteiger partial charge in [0, 0.05) is 0 Å². The molecule has 0 aliphatic heterocycles. The maximum Gasteiger partial charge on any atom is 0.0815 e. The number of hydrazine groups is 1. The van der Waals surface area contributed by atoms with E-state index >= 15 is 0 Å². The minimum absolute atomic E-state index is 0.0439. The van der Waals surface area contributed by atoms with E-state index in [-0.39, 0.29) is 6.04 Å². The molecule has 0 aromatic rings. The highest BCUT2D eigenvalue weighted by Gasteiger charge is 2.01. The quantitative estimate of drug-likeness (QED) is 0.346. The molecule has 1 atom stereocenters. The standard InChI is InChI=1S/C8H16N2/c1-4-8(10-9)6-5-7(2)3/h1,7-8,10H,5-6,9H2,2-3H3. The maximum atomic E-state index is 5.18. The van der Waals surface area contributed by atoms with Crippen LogP contribution in [0.5, 0.6) is 0 Å². The zero-order chi connectivity index (χ0) is 7.98. The number of terminal acetylenes is 1. The highest BCUT2D eigenvalue weighted by molar-refractivity contribution is 4.97. The van der Waals surface area contributed by atoms with Crippen molar-refractivity contribution in [3.05, 3.63) is 0 Å². The van der Waals surface area contributed by atoms with Gasteiger partial charge in [0.15, 0.2) is 0 Å². The number of hydrogen-bond donors (Lipinski definition) is 2. The predicted octanol–water partition coefficient (Wildman–Crippen LogP) is 0.888. The van der Waals surface area contributed by atoms with Gasteiger partial charge in [-0.1, -0.05) is 19.8 Å². The third-order valence-electron chi connectivity index (χ3n) is 1.44. The van der Waals surface area contributed by atoms with Crippen molar-refractivity contribution in [2.45, 2.75) is 32.7 Å². The Hall–Kier alpha value is -0.520. The van der Waals surface area contributed by atoms with Gasteiger partial charge in [0.2, 0.25) is 0 Å². The Bertz CT molecular complexity index is 113. The van der Waals surface area contributed by atoms with Crippen LogP contribution in [0.25, 0.3) is 0 Å². The molecule has 3 N–H and O–H groups in total. The van der Waals surface area contributed by atoms with Gasteiger partial charge in [-0.2, -0.15) is 0 Å². The lowest BCUT2D eigenvalue weighted by Crippen LogP contribution is -2.33. The van der Waals surface area contributed by atoms with Crippen molar-refractivity contribution in [2.75, 3.05) is 0 Å². The molecule has 2 nitrogen and oxygen atoms in total. The predicted molar refractivity (Wildman–Crippen MR) is 44.0 cm³/mol. The Morgan fingerprint density at radius 1 is 1.50 bits per heavy atom. The van der Waals surface area contributed by atoms with Gasteiger partial charge >= 0.3 is 0 Å². The Morgan fingerprint density at radius 2 is 2.10 bits per heavy atom. The van der Waals surface area contributed by atoms with Crippen molar-refractivity contribution in [3.8, 4) is 12.3 Å². The van der Waals surface area contributed by atoms with Crippen LogP contribution in [0.4, 0.5) is 0 Å². The topological polar surface area (TPSA) is 38.0 Å². The molecule has 0 aromatic carbocycles. The Labute approximate surface area is 63.2 Å². The Kier molecular flexibility index (Phi) is 5.00. The maximum absolute atomic E-state index is 5.18. The largest absolute Gasteiger partial charge is 0.270 e. The molecule has 0 rings (SSSR count). The lowest BCUT2D eigenvalue weighted by atomic mass is 10.0. The first kappa shape index (κ1) is 9.48. The molecule has 0 amide bonds. The molecule has 0 aliphatic rings. The second kappa shape index (κ2) is 5.28. The first-order valence-corrected chi connectivity index (χ1v) is 3.63. The molecule has 0 heterocycles. The molecule has 0 aliphatic carbocycles. The molecule has 0 fully saturated rings. The molecule has 0 radical (unpaired) electrons. The van der Waals surface area contributed by atoms with Crippen LogP contribution in [0.1, 0.15) is 26.7 Å². The minimum Gasteiger partial charge on any atom is -0.270 e. The normalized spacial score (nSPS) is 13.1. The van der Waals surface area contributed by atoms with Crippen LogP contribution >= 0.6 is 0 Å². The van der Waals surface area contributed by atoms with Crippen molar-refractivity contribution in [3.63, 3.8) is 0 Å². The van der Waals surface area contributed by atoms with Crippen molar-refractivity contribution in [2.24, 2.45) is 11.8 Å². The van der Waals surface area contributed by atoms with Gasteiger partial charge in [0.05, 0.1) is 6.04 Å². The summed E-state index contributed by atoms with van der Waals surface area (Å²) in [5.41, 5.74) is 2.57. The molecule has 1 unspecified atom stereocenters. The van der Waals surface area contributed by atoms with Gasteiger partial charge in [-0.25, -0.2) is 5.43 Å². The molecule has 0 saturated carbocycles. The third kappa shape index (κ3) is 4.37. The second-order valence-electron chi connectivity index (χ2n) is 2.86.